The van der Waals surface area contributed by atoms with Crippen LogP contribution in [0.25, 0.3) is 0 Å². The van der Waals surface area contributed by atoms with E-state index in [9.17, 15) is 0 Å². The first-order valence-electron chi connectivity index (χ1n) is 14.4. The predicted molar refractivity (Wildman–Crippen MR) is 180 cm³/mol. The number of hydrogen-bond donors (Lipinski definition) is 0. The Morgan fingerprint density at radius 3 is 1.82 bits per heavy atom. The molecule has 0 saturated heterocycles. The van der Waals surface area contributed by atoms with Crippen LogP contribution in [0.2, 0.25) is 5.04 Å². The molecular formula is C35H47IO3Si. The number of rotatable bonds is 14. The van der Waals surface area contributed by atoms with E-state index in [4.69, 9.17) is 13.9 Å². The van der Waals surface area contributed by atoms with Crippen molar-refractivity contribution in [2.75, 3.05) is 7.11 Å². The molecule has 0 fully saturated rings. The van der Waals surface area contributed by atoms with E-state index < -0.39 is 8.32 Å². The maximum Gasteiger partial charge on any atom is 0.261 e. The molecule has 3 aromatic carbocycles. The van der Waals surface area contributed by atoms with Crippen molar-refractivity contribution in [3.05, 3.63) is 101 Å². The molecule has 0 aromatic heterocycles. The fourth-order valence-electron chi connectivity index (χ4n) is 5.41. The second kappa shape index (κ2) is 15.3. The van der Waals surface area contributed by atoms with Gasteiger partial charge in [0.05, 0.1) is 19.8 Å². The van der Waals surface area contributed by atoms with Crippen molar-refractivity contribution < 1.29 is 13.9 Å². The van der Waals surface area contributed by atoms with Gasteiger partial charge in [0.25, 0.3) is 8.32 Å². The lowest BCUT2D eigenvalue weighted by molar-refractivity contribution is 0.00530. The molecule has 0 spiro atoms. The van der Waals surface area contributed by atoms with Gasteiger partial charge in [-0.15, -0.1) is 0 Å². The normalized spacial score (nSPS) is 15.5. The number of ether oxygens (including phenoxy) is 2. The van der Waals surface area contributed by atoms with Gasteiger partial charge in [-0.3, -0.25) is 0 Å². The molecule has 0 amide bonds. The predicted octanol–water partition coefficient (Wildman–Crippen LogP) is 8.55. The first-order chi connectivity index (χ1) is 19.1. The fourth-order valence-corrected chi connectivity index (χ4v) is 10.9. The van der Waals surface area contributed by atoms with Crippen LogP contribution in [-0.4, -0.2) is 27.6 Å². The Kier molecular flexibility index (Phi) is 12.5. The van der Waals surface area contributed by atoms with Gasteiger partial charge in [0.1, 0.15) is 5.75 Å². The molecule has 4 atom stereocenters. The Hall–Kier alpha value is -1.93. The first kappa shape index (κ1) is 32.6. The van der Waals surface area contributed by atoms with Crippen LogP contribution < -0.4 is 15.1 Å². The van der Waals surface area contributed by atoms with E-state index in [1.54, 1.807) is 7.11 Å². The summed E-state index contributed by atoms with van der Waals surface area (Å²) in [6, 6.07) is 30.0. The highest BCUT2D eigenvalue weighted by molar-refractivity contribution is 14.1. The number of hydrogen-bond acceptors (Lipinski definition) is 3. The van der Waals surface area contributed by atoms with Crippen molar-refractivity contribution in [3.63, 3.8) is 0 Å². The largest absolute Gasteiger partial charge is 0.497 e. The van der Waals surface area contributed by atoms with E-state index in [0.29, 0.717) is 18.4 Å². The molecule has 3 rings (SSSR count). The third-order valence-corrected chi connectivity index (χ3v) is 13.6. The summed E-state index contributed by atoms with van der Waals surface area (Å²) in [6.07, 6.45) is 4.49. The molecule has 0 radical (unpaired) electrons. The Morgan fingerprint density at radius 2 is 1.35 bits per heavy atom. The highest BCUT2D eigenvalue weighted by Gasteiger charge is 2.51. The third-order valence-electron chi connectivity index (χ3n) is 8.07. The highest BCUT2D eigenvalue weighted by atomic mass is 127. The number of methoxy groups -OCH3 is 1. The Balaban J connectivity index is 1.78. The van der Waals surface area contributed by atoms with Crippen molar-refractivity contribution in [2.24, 2.45) is 11.8 Å². The van der Waals surface area contributed by atoms with Crippen LogP contribution in [0.4, 0.5) is 0 Å². The van der Waals surface area contributed by atoms with E-state index in [0.717, 1.165) is 24.2 Å². The second-order valence-electron chi connectivity index (χ2n) is 11.9. The van der Waals surface area contributed by atoms with Crippen LogP contribution in [0.3, 0.4) is 0 Å². The lowest BCUT2D eigenvalue weighted by atomic mass is 9.93. The van der Waals surface area contributed by atoms with Crippen LogP contribution in [0.5, 0.6) is 5.75 Å². The van der Waals surface area contributed by atoms with Crippen molar-refractivity contribution in [2.45, 2.75) is 78.2 Å². The Labute approximate surface area is 257 Å². The molecule has 0 bridgehead atoms. The second-order valence-corrected chi connectivity index (χ2v) is 16.9. The smallest absolute Gasteiger partial charge is 0.261 e. The lowest BCUT2D eigenvalue weighted by Crippen LogP contribution is -2.67. The first-order valence-corrected chi connectivity index (χ1v) is 17.6. The van der Waals surface area contributed by atoms with Crippen molar-refractivity contribution in [3.8, 4) is 5.75 Å². The lowest BCUT2D eigenvalue weighted by Gasteiger charge is -2.45. The summed E-state index contributed by atoms with van der Waals surface area (Å²) in [6.45, 7) is 14.5. The Morgan fingerprint density at radius 1 is 0.800 bits per heavy atom. The van der Waals surface area contributed by atoms with Gasteiger partial charge in [0.2, 0.25) is 0 Å². The topological polar surface area (TPSA) is 27.7 Å². The third kappa shape index (κ3) is 8.31. The zero-order valence-electron chi connectivity index (χ0n) is 25.3. The van der Waals surface area contributed by atoms with Crippen molar-refractivity contribution in [1.82, 2.24) is 0 Å². The zero-order chi connectivity index (χ0) is 29.2. The monoisotopic (exact) mass is 670 g/mol. The molecule has 3 aromatic rings. The maximum atomic E-state index is 7.40. The molecule has 0 heterocycles. The summed E-state index contributed by atoms with van der Waals surface area (Å²) < 4.78 is 21.3. The molecule has 0 unspecified atom stereocenters. The van der Waals surface area contributed by atoms with Gasteiger partial charge < -0.3 is 13.9 Å². The molecule has 5 heteroatoms. The highest BCUT2D eigenvalue weighted by Crippen LogP contribution is 2.38. The van der Waals surface area contributed by atoms with Crippen LogP contribution in [-0.2, 0) is 15.8 Å². The molecule has 0 aliphatic rings. The van der Waals surface area contributed by atoms with Gasteiger partial charge in [-0.2, -0.15) is 0 Å². The molecular weight excluding hydrogens is 623 g/mol. The average Bonchev–Trinajstić information content (AvgIpc) is 2.96. The molecule has 3 nitrogen and oxygen atoms in total. The molecule has 0 saturated carbocycles. The van der Waals surface area contributed by atoms with Crippen LogP contribution in [0, 0.1) is 11.8 Å². The van der Waals surface area contributed by atoms with E-state index in [1.165, 1.54) is 10.4 Å². The summed E-state index contributed by atoms with van der Waals surface area (Å²) in [5.74, 6) is 1.57. The zero-order valence-corrected chi connectivity index (χ0v) is 28.4. The molecule has 0 aliphatic carbocycles. The summed E-state index contributed by atoms with van der Waals surface area (Å²) in [5.41, 5.74) is 1.16. The fraction of sp³-hybridized carbons (Fsp3) is 0.429. The summed E-state index contributed by atoms with van der Waals surface area (Å²) in [5, 5.41) is 2.62. The summed E-state index contributed by atoms with van der Waals surface area (Å²) in [7, 11) is -0.893. The van der Waals surface area contributed by atoms with Crippen molar-refractivity contribution >= 4 is 41.3 Å². The average molecular weight is 671 g/mol. The van der Waals surface area contributed by atoms with E-state index in [2.05, 4.69) is 147 Å². The quantitative estimate of drug-likeness (QED) is 0.127. The van der Waals surface area contributed by atoms with Gasteiger partial charge in [0.15, 0.2) is 0 Å². The van der Waals surface area contributed by atoms with Gasteiger partial charge >= 0.3 is 0 Å². The van der Waals surface area contributed by atoms with Gasteiger partial charge in [0, 0.05) is 12.0 Å². The summed E-state index contributed by atoms with van der Waals surface area (Å²) >= 11 is 2.30. The SMILES string of the molecule is COc1ccc(CO[C@@H](CC[C@H](C)[C@@H](C)O[Si](c2ccccc2)(c2ccccc2)C(C)(C)C)[C@H](C)/C=C/I)cc1. The van der Waals surface area contributed by atoms with Crippen LogP contribution >= 0.6 is 22.6 Å². The van der Waals surface area contributed by atoms with Crippen molar-refractivity contribution in [1.29, 1.82) is 0 Å². The molecule has 216 valence electrons. The minimum absolute atomic E-state index is 0.0344. The van der Waals surface area contributed by atoms with E-state index in [1.807, 2.05) is 12.1 Å². The summed E-state index contributed by atoms with van der Waals surface area (Å²) in [4.78, 5) is 0. The molecule has 0 aliphatic heterocycles. The molecule has 0 N–H and O–H groups in total. The Bertz CT molecular complexity index is 1120. The number of benzene rings is 3. The van der Waals surface area contributed by atoms with Crippen LogP contribution in [0.15, 0.2) is 95.1 Å². The van der Waals surface area contributed by atoms with Gasteiger partial charge in [-0.25, -0.2) is 0 Å². The van der Waals surface area contributed by atoms with Gasteiger partial charge in [-0.05, 0) is 62.9 Å². The molecule has 40 heavy (non-hydrogen) atoms. The maximum absolute atomic E-state index is 7.40. The van der Waals surface area contributed by atoms with E-state index >= 15 is 0 Å². The number of halogens is 1. The minimum atomic E-state index is -2.59. The minimum Gasteiger partial charge on any atom is -0.497 e. The van der Waals surface area contributed by atoms with E-state index in [-0.39, 0.29) is 17.2 Å². The van der Waals surface area contributed by atoms with Crippen LogP contribution in [0.1, 0.15) is 59.9 Å². The standard InChI is InChI=1S/C35H47IO3Si/c1-27(18-23-34(28(2)24-25-36)38-26-30-19-21-31(37-7)22-20-30)29(3)39-40(35(4,5)6,32-14-10-8-11-15-32)33-16-12-9-13-17-33/h8-17,19-22,24-25,27-29,34H,18,23,26H2,1-7H3/b25-24+/t27-,28+,29+,34-/m0/s1. The van der Waals surface area contributed by atoms with Gasteiger partial charge in [-0.1, -0.05) is 136 Å².